The van der Waals surface area contributed by atoms with Crippen molar-refractivity contribution in [3.63, 3.8) is 0 Å². The number of carbonyl (C=O) groups excluding carboxylic acids is 1. The molecule has 29 heavy (non-hydrogen) atoms. The highest BCUT2D eigenvalue weighted by molar-refractivity contribution is 7.09. The highest BCUT2D eigenvalue weighted by Crippen LogP contribution is 2.27. The number of hydrogen-bond donors (Lipinski definition) is 0. The first-order valence-corrected chi connectivity index (χ1v) is 10.5. The Morgan fingerprint density at radius 3 is 2.83 bits per heavy atom. The summed E-state index contributed by atoms with van der Waals surface area (Å²) in [6, 6.07) is 3.91. The third kappa shape index (κ3) is 5.65. The van der Waals surface area contributed by atoms with E-state index in [2.05, 4.69) is 30.5 Å². The number of halogens is 3. The molecule has 0 unspecified atom stereocenters. The lowest BCUT2D eigenvalue weighted by Crippen LogP contribution is -2.23. The molecular formula is C20H23ClF2N2O3S. The SMILES string of the molecule is CC(C)(C)c1cn(C[C@H]2CCCO2)c(=NC(=O)c2cc(Cl)ccc2OC(F)F)s1. The Morgan fingerprint density at radius 2 is 2.21 bits per heavy atom. The molecule has 9 heteroatoms. The quantitative estimate of drug-likeness (QED) is 0.650. The van der Waals surface area contributed by atoms with Crippen LogP contribution in [0.25, 0.3) is 0 Å². The molecule has 1 aromatic heterocycles. The minimum atomic E-state index is -3.05. The Labute approximate surface area is 176 Å². The molecule has 1 fully saturated rings. The van der Waals surface area contributed by atoms with Crippen molar-refractivity contribution in [2.75, 3.05) is 6.61 Å². The summed E-state index contributed by atoms with van der Waals surface area (Å²) in [6.45, 7) is 4.48. The highest BCUT2D eigenvalue weighted by atomic mass is 35.5. The average Bonchev–Trinajstić information content (AvgIpc) is 3.26. The molecule has 3 rings (SSSR count). The Hall–Kier alpha value is -1.77. The van der Waals surface area contributed by atoms with E-state index in [1.165, 1.54) is 29.5 Å². The van der Waals surface area contributed by atoms with Gasteiger partial charge in [0, 0.05) is 22.7 Å². The molecule has 0 saturated carbocycles. The van der Waals surface area contributed by atoms with Gasteiger partial charge in [-0.25, -0.2) is 0 Å². The Balaban J connectivity index is 2.01. The van der Waals surface area contributed by atoms with Gasteiger partial charge < -0.3 is 14.0 Å². The fourth-order valence-corrected chi connectivity index (χ4v) is 4.20. The van der Waals surface area contributed by atoms with Crippen LogP contribution in [0.3, 0.4) is 0 Å². The summed E-state index contributed by atoms with van der Waals surface area (Å²) in [5, 5.41) is 0.235. The van der Waals surface area contributed by atoms with E-state index in [0.717, 1.165) is 24.3 Å². The molecule has 1 saturated heterocycles. The van der Waals surface area contributed by atoms with Gasteiger partial charge in [0.1, 0.15) is 5.75 Å². The standard InChI is InChI=1S/C20H23ClF2N2O3S/c1-20(2,3)16-11-25(10-13-5-4-8-27-13)19(29-16)24-17(26)14-9-12(21)6-7-15(14)28-18(22)23/h6-7,9,11,13,18H,4-5,8,10H2,1-3H3/t13-/m1/s1. The number of benzene rings is 1. The van der Waals surface area contributed by atoms with Gasteiger partial charge >= 0.3 is 6.61 Å². The van der Waals surface area contributed by atoms with Crippen LogP contribution in [0.5, 0.6) is 5.75 Å². The van der Waals surface area contributed by atoms with Crippen molar-refractivity contribution in [3.8, 4) is 5.75 Å². The Bertz CT molecular complexity index is 944. The minimum absolute atomic E-state index is 0.0652. The first kappa shape index (κ1) is 21.9. The molecule has 158 valence electrons. The summed E-state index contributed by atoms with van der Waals surface area (Å²) in [5.41, 5.74) is -0.230. The maximum Gasteiger partial charge on any atom is 0.387 e. The zero-order valence-corrected chi connectivity index (χ0v) is 18.0. The topological polar surface area (TPSA) is 52.8 Å². The second-order valence-corrected chi connectivity index (χ2v) is 9.30. The van der Waals surface area contributed by atoms with Gasteiger partial charge in [0.15, 0.2) is 4.80 Å². The molecule has 0 radical (unpaired) electrons. The lowest BCUT2D eigenvalue weighted by molar-refractivity contribution is -0.0501. The number of carbonyl (C=O) groups is 1. The fraction of sp³-hybridized carbons (Fsp3) is 0.500. The van der Waals surface area contributed by atoms with E-state index in [0.29, 0.717) is 11.3 Å². The predicted octanol–water partition coefficient (Wildman–Crippen LogP) is 5.02. The van der Waals surface area contributed by atoms with E-state index in [4.69, 9.17) is 16.3 Å². The number of nitrogens with zero attached hydrogens (tertiary/aromatic N) is 2. The third-order valence-electron chi connectivity index (χ3n) is 4.47. The van der Waals surface area contributed by atoms with E-state index in [1.807, 2.05) is 10.8 Å². The molecule has 1 aliphatic heterocycles. The van der Waals surface area contributed by atoms with Gasteiger partial charge in [-0.2, -0.15) is 13.8 Å². The van der Waals surface area contributed by atoms with Gasteiger partial charge in [0.05, 0.1) is 18.2 Å². The van der Waals surface area contributed by atoms with Gasteiger partial charge in [-0.1, -0.05) is 32.4 Å². The van der Waals surface area contributed by atoms with Gasteiger partial charge in [-0.05, 0) is 36.5 Å². The summed E-state index contributed by atoms with van der Waals surface area (Å²) in [4.78, 5) is 18.6. The smallest absolute Gasteiger partial charge is 0.387 e. The van der Waals surface area contributed by atoms with E-state index in [1.54, 1.807) is 0 Å². The molecule has 0 N–H and O–H groups in total. The predicted molar refractivity (Wildman–Crippen MR) is 108 cm³/mol. The number of rotatable bonds is 5. The molecule has 2 aromatic rings. The lowest BCUT2D eigenvalue weighted by atomic mass is 9.95. The molecule has 1 atom stereocenters. The van der Waals surface area contributed by atoms with Crippen LogP contribution in [0.15, 0.2) is 29.4 Å². The van der Waals surface area contributed by atoms with Gasteiger partial charge in [-0.3, -0.25) is 4.79 Å². The van der Waals surface area contributed by atoms with Crippen molar-refractivity contribution in [1.29, 1.82) is 0 Å². The summed E-state index contributed by atoms with van der Waals surface area (Å²) in [5.74, 6) is -0.942. The van der Waals surface area contributed by atoms with Crippen molar-refractivity contribution in [2.24, 2.45) is 4.99 Å². The van der Waals surface area contributed by atoms with Gasteiger partial charge in [0.25, 0.3) is 5.91 Å². The Kier molecular flexibility index (Phi) is 6.76. The summed E-state index contributed by atoms with van der Waals surface area (Å²) >= 11 is 7.35. The second-order valence-electron chi connectivity index (χ2n) is 7.85. The second kappa shape index (κ2) is 8.93. The first-order valence-electron chi connectivity index (χ1n) is 9.29. The fourth-order valence-electron chi connectivity index (χ4n) is 2.97. The molecule has 0 bridgehead atoms. The molecular weight excluding hydrogens is 422 g/mol. The Morgan fingerprint density at radius 1 is 1.45 bits per heavy atom. The maximum absolute atomic E-state index is 12.8. The number of thiazole rings is 1. The minimum Gasteiger partial charge on any atom is -0.434 e. The maximum atomic E-state index is 12.8. The van der Waals surface area contributed by atoms with Crippen LogP contribution in [-0.4, -0.2) is 29.8 Å². The van der Waals surface area contributed by atoms with Crippen molar-refractivity contribution >= 4 is 28.8 Å². The number of ether oxygens (including phenoxy) is 2. The van der Waals surface area contributed by atoms with Crippen molar-refractivity contribution in [1.82, 2.24) is 4.57 Å². The largest absolute Gasteiger partial charge is 0.434 e. The van der Waals surface area contributed by atoms with Crippen molar-refractivity contribution in [3.05, 3.63) is 44.7 Å². The zero-order chi connectivity index (χ0) is 21.2. The molecule has 1 aromatic carbocycles. The molecule has 1 aliphatic rings. The summed E-state index contributed by atoms with van der Waals surface area (Å²) in [6.07, 6.45) is 3.99. The summed E-state index contributed by atoms with van der Waals surface area (Å²) in [7, 11) is 0. The van der Waals surface area contributed by atoms with Crippen LogP contribution < -0.4 is 9.54 Å². The van der Waals surface area contributed by atoms with Crippen molar-refractivity contribution < 1.29 is 23.0 Å². The summed E-state index contributed by atoms with van der Waals surface area (Å²) < 4.78 is 37.5. The first-order chi connectivity index (χ1) is 13.6. The van der Waals surface area contributed by atoms with Crippen LogP contribution in [0.2, 0.25) is 5.02 Å². The normalized spacial score (nSPS) is 17.9. The lowest BCUT2D eigenvalue weighted by Gasteiger charge is -2.15. The monoisotopic (exact) mass is 444 g/mol. The third-order valence-corrected chi connectivity index (χ3v) is 6.15. The van der Waals surface area contributed by atoms with E-state index < -0.39 is 12.5 Å². The molecule has 1 amide bonds. The average molecular weight is 445 g/mol. The number of aromatic nitrogens is 1. The van der Waals surface area contributed by atoms with Crippen LogP contribution in [-0.2, 0) is 16.7 Å². The van der Waals surface area contributed by atoms with E-state index >= 15 is 0 Å². The van der Waals surface area contributed by atoms with Crippen LogP contribution in [0.4, 0.5) is 8.78 Å². The molecule has 0 spiro atoms. The number of hydrogen-bond acceptors (Lipinski definition) is 4. The van der Waals surface area contributed by atoms with Gasteiger partial charge in [-0.15, -0.1) is 11.3 Å². The number of amides is 1. The molecule has 5 nitrogen and oxygen atoms in total. The number of alkyl halides is 2. The van der Waals surface area contributed by atoms with Crippen LogP contribution in [0, 0.1) is 0 Å². The van der Waals surface area contributed by atoms with E-state index in [9.17, 15) is 13.6 Å². The van der Waals surface area contributed by atoms with Crippen LogP contribution >= 0.6 is 22.9 Å². The highest BCUT2D eigenvalue weighted by Gasteiger charge is 2.22. The van der Waals surface area contributed by atoms with E-state index in [-0.39, 0.29) is 27.9 Å². The van der Waals surface area contributed by atoms with Crippen LogP contribution in [0.1, 0.15) is 48.8 Å². The molecule has 2 heterocycles. The zero-order valence-electron chi connectivity index (χ0n) is 16.5. The molecule has 0 aliphatic carbocycles. The van der Waals surface area contributed by atoms with Gasteiger partial charge in [0.2, 0.25) is 0 Å². The van der Waals surface area contributed by atoms with Crippen molar-refractivity contribution in [2.45, 2.75) is 58.3 Å².